The Morgan fingerprint density at radius 1 is 1.00 bits per heavy atom. The summed E-state index contributed by atoms with van der Waals surface area (Å²) in [6.07, 6.45) is 0. The lowest BCUT2D eigenvalue weighted by Crippen LogP contribution is -2.43. The maximum atomic E-state index is 5.80. The maximum Gasteiger partial charge on any atom is 0.221 e. The summed E-state index contributed by atoms with van der Waals surface area (Å²) in [7, 11) is 1.65. The van der Waals surface area contributed by atoms with Crippen molar-refractivity contribution in [3.63, 3.8) is 0 Å². The molecule has 3 rings (SSSR count). The van der Waals surface area contributed by atoms with Gasteiger partial charge in [0, 0.05) is 32.2 Å². The number of piperazine rings is 1. The standard InChI is InChI=1S/C16H19N3O2/c1-20-13-5-7-14(8-6-13)21-16-4-2-3-15(18-16)19-11-9-17-10-12-19/h2-8,17H,9-12H2,1H3. The van der Waals surface area contributed by atoms with Crippen LogP contribution in [0.2, 0.25) is 0 Å². The summed E-state index contributed by atoms with van der Waals surface area (Å²) in [6, 6.07) is 13.4. The van der Waals surface area contributed by atoms with E-state index in [1.807, 2.05) is 42.5 Å². The lowest BCUT2D eigenvalue weighted by Gasteiger charge is -2.28. The van der Waals surface area contributed by atoms with Crippen LogP contribution in [0.4, 0.5) is 5.82 Å². The van der Waals surface area contributed by atoms with Crippen molar-refractivity contribution in [1.82, 2.24) is 10.3 Å². The first kappa shape index (κ1) is 13.7. The van der Waals surface area contributed by atoms with Crippen LogP contribution in [0.25, 0.3) is 0 Å². The molecule has 0 amide bonds. The van der Waals surface area contributed by atoms with Crippen LogP contribution < -0.4 is 19.7 Å². The Balaban J connectivity index is 1.72. The number of aromatic nitrogens is 1. The van der Waals surface area contributed by atoms with Crippen LogP contribution in [0.3, 0.4) is 0 Å². The zero-order valence-electron chi connectivity index (χ0n) is 12.1. The summed E-state index contributed by atoms with van der Waals surface area (Å²) in [6.45, 7) is 3.93. The van der Waals surface area contributed by atoms with Gasteiger partial charge in [0.05, 0.1) is 7.11 Å². The largest absolute Gasteiger partial charge is 0.497 e. The molecule has 1 aliphatic heterocycles. The average molecular weight is 285 g/mol. The first-order valence-corrected chi connectivity index (χ1v) is 7.10. The summed E-state index contributed by atoms with van der Waals surface area (Å²) < 4.78 is 10.9. The van der Waals surface area contributed by atoms with E-state index in [2.05, 4.69) is 15.2 Å². The van der Waals surface area contributed by atoms with E-state index < -0.39 is 0 Å². The Labute approximate surface area is 124 Å². The normalized spacial score (nSPS) is 14.8. The molecule has 5 nitrogen and oxygen atoms in total. The molecule has 1 N–H and O–H groups in total. The van der Waals surface area contributed by atoms with E-state index in [9.17, 15) is 0 Å². The van der Waals surface area contributed by atoms with Crippen molar-refractivity contribution in [2.24, 2.45) is 0 Å². The van der Waals surface area contributed by atoms with E-state index in [1.165, 1.54) is 0 Å². The van der Waals surface area contributed by atoms with E-state index in [0.29, 0.717) is 5.88 Å². The number of rotatable bonds is 4. The minimum Gasteiger partial charge on any atom is -0.497 e. The minimum absolute atomic E-state index is 0.608. The lowest BCUT2D eigenvalue weighted by atomic mass is 10.3. The molecule has 2 aromatic rings. The number of methoxy groups -OCH3 is 1. The molecule has 5 heteroatoms. The highest BCUT2D eigenvalue weighted by Gasteiger charge is 2.12. The highest BCUT2D eigenvalue weighted by atomic mass is 16.5. The van der Waals surface area contributed by atoms with Crippen LogP contribution in [0.1, 0.15) is 0 Å². The molecule has 1 aromatic carbocycles. The maximum absolute atomic E-state index is 5.80. The molecular formula is C16H19N3O2. The quantitative estimate of drug-likeness (QED) is 0.934. The molecule has 0 radical (unpaired) electrons. The van der Waals surface area contributed by atoms with Gasteiger partial charge in [-0.1, -0.05) is 6.07 Å². The highest BCUT2D eigenvalue weighted by molar-refractivity contribution is 5.42. The van der Waals surface area contributed by atoms with Crippen LogP contribution >= 0.6 is 0 Å². The van der Waals surface area contributed by atoms with Crippen molar-refractivity contribution in [3.8, 4) is 17.4 Å². The lowest BCUT2D eigenvalue weighted by molar-refractivity contribution is 0.412. The number of ether oxygens (including phenoxy) is 2. The van der Waals surface area contributed by atoms with Gasteiger partial charge < -0.3 is 19.7 Å². The number of nitrogens with one attached hydrogen (secondary N) is 1. The molecule has 1 aromatic heterocycles. The van der Waals surface area contributed by atoms with E-state index in [0.717, 1.165) is 43.5 Å². The summed E-state index contributed by atoms with van der Waals surface area (Å²) >= 11 is 0. The van der Waals surface area contributed by atoms with Crippen molar-refractivity contribution in [1.29, 1.82) is 0 Å². The second kappa shape index (κ2) is 6.45. The summed E-state index contributed by atoms with van der Waals surface area (Å²) in [5.74, 6) is 3.13. The van der Waals surface area contributed by atoms with E-state index in [-0.39, 0.29) is 0 Å². The molecule has 21 heavy (non-hydrogen) atoms. The van der Waals surface area contributed by atoms with Crippen LogP contribution in [-0.4, -0.2) is 38.3 Å². The second-order valence-electron chi connectivity index (χ2n) is 4.85. The van der Waals surface area contributed by atoms with Gasteiger partial charge in [0.25, 0.3) is 0 Å². The number of anilines is 1. The van der Waals surface area contributed by atoms with Crippen molar-refractivity contribution >= 4 is 5.82 Å². The van der Waals surface area contributed by atoms with Gasteiger partial charge in [0.2, 0.25) is 5.88 Å². The van der Waals surface area contributed by atoms with E-state index in [4.69, 9.17) is 9.47 Å². The molecule has 0 bridgehead atoms. The minimum atomic E-state index is 0.608. The SMILES string of the molecule is COc1ccc(Oc2cccc(N3CCNCC3)n2)cc1. The van der Waals surface area contributed by atoms with Gasteiger partial charge >= 0.3 is 0 Å². The van der Waals surface area contributed by atoms with Gasteiger partial charge in [-0.15, -0.1) is 0 Å². The fourth-order valence-electron chi connectivity index (χ4n) is 2.30. The molecule has 1 saturated heterocycles. The molecular weight excluding hydrogens is 266 g/mol. The highest BCUT2D eigenvalue weighted by Crippen LogP contribution is 2.24. The number of nitrogens with zero attached hydrogens (tertiary/aromatic N) is 2. The zero-order chi connectivity index (χ0) is 14.5. The third-order valence-corrected chi connectivity index (χ3v) is 3.43. The molecule has 2 heterocycles. The van der Waals surface area contributed by atoms with Crippen molar-refractivity contribution in [3.05, 3.63) is 42.5 Å². The number of hydrogen-bond donors (Lipinski definition) is 1. The van der Waals surface area contributed by atoms with Gasteiger partial charge in [0.15, 0.2) is 0 Å². The predicted octanol–water partition coefficient (Wildman–Crippen LogP) is 2.29. The fraction of sp³-hybridized carbons (Fsp3) is 0.312. The van der Waals surface area contributed by atoms with Crippen LogP contribution in [-0.2, 0) is 0 Å². The summed E-state index contributed by atoms with van der Waals surface area (Å²) in [4.78, 5) is 6.84. The molecule has 0 unspecified atom stereocenters. The van der Waals surface area contributed by atoms with Gasteiger partial charge in [0.1, 0.15) is 17.3 Å². The second-order valence-corrected chi connectivity index (χ2v) is 4.85. The van der Waals surface area contributed by atoms with Crippen molar-refractivity contribution in [2.45, 2.75) is 0 Å². The number of pyridine rings is 1. The first-order valence-electron chi connectivity index (χ1n) is 7.10. The molecule has 0 saturated carbocycles. The van der Waals surface area contributed by atoms with Gasteiger partial charge in [-0.25, -0.2) is 0 Å². The molecule has 110 valence electrons. The van der Waals surface area contributed by atoms with Crippen LogP contribution in [0.5, 0.6) is 17.4 Å². The van der Waals surface area contributed by atoms with Crippen LogP contribution in [0, 0.1) is 0 Å². The Morgan fingerprint density at radius 3 is 2.43 bits per heavy atom. The van der Waals surface area contributed by atoms with Gasteiger partial charge in [-0.05, 0) is 30.3 Å². The molecule has 0 atom stereocenters. The third kappa shape index (κ3) is 3.44. The number of hydrogen-bond acceptors (Lipinski definition) is 5. The summed E-state index contributed by atoms with van der Waals surface area (Å²) in [5, 5.41) is 3.34. The first-order chi connectivity index (χ1) is 10.3. The average Bonchev–Trinajstić information content (AvgIpc) is 2.57. The molecule has 0 spiro atoms. The Morgan fingerprint density at radius 2 is 1.71 bits per heavy atom. The fourth-order valence-corrected chi connectivity index (χ4v) is 2.30. The molecule has 0 aliphatic carbocycles. The van der Waals surface area contributed by atoms with Gasteiger partial charge in [-0.2, -0.15) is 4.98 Å². The van der Waals surface area contributed by atoms with Crippen molar-refractivity contribution in [2.75, 3.05) is 38.2 Å². The number of benzene rings is 1. The van der Waals surface area contributed by atoms with Crippen molar-refractivity contribution < 1.29 is 9.47 Å². The third-order valence-electron chi connectivity index (χ3n) is 3.43. The smallest absolute Gasteiger partial charge is 0.221 e. The molecule has 1 fully saturated rings. The summed E-state index contributed by atoms with van der Waals surface area (Å²) in [5.41, 5.74) is 0. The van der Waals surface area contributed by atoms with Crippen LogP contribution in [0.15, 0.2) is 42.5 Å². The monoisotopic (exact) mass is 285 g/mol. The van der Waals surface area contributed by atoms with E-state index in [1.54, 1.807) is 7.11 Å². The zero-order valence-corrected chi connectivity index (χ0v) is 12.1. The topological polar surface area (TPSA) is 46.6 Å². The van der Waals surface area contributed by atoms with Gasteiger partial charge in [-0.3, -0.25) is 0 Å². The van der Waals surface area contributed by atoms with E-state index >= 15 is 0 Å². The molecule has 1 aliphatic rings. The Kier molecular flexibility index (Phi) is 4.21. The Bertz CT molecular complexity index is 580. The Hall–Kier alpha value is -2.27. The predicted molar refractivity (Wildman–Crippen MR) is 82.4 cm³/mol.